The van der Waals surface area contributed by atoms with Gasteiger partial charge in [-0.2, -0.15) is 0 Å². The number of ether oxygens (including phenoxy) is 2. The van der Waals surface area contributed by atoms with Gasteiger partial charge in [-0.15, -0.1) is 0 Å². The monoisotopic (exact) mass is 487 g/mol. The van der Waals surface area contributed by atoms with Crippen LogP contribution in [0.1, 0.15) is 30.0 Å². The standard InChI is InChI=1S/C23H22BrNO6/c1-30-18-11-14(6-9-17(18)26)20-19(21(27)13-4-7-15(24)8-5-13)22(28)23(29)25(20)12-16-3-2-10-31-16/h4-9,11,16,20,26-27H,2-3,10,12H2,1H3/b21-19+. The van der Waals surface area contributed by atoms with Gasteiger partial charge in [0.05, 0.1) is 24.8 Å². The number of amides is 1. The van der Waals surface area contributed by atoms with Crippen molar-refractivity contribution in [3.8, 4) is 11.5 Å². The van der Waals surface area contributed by atoms with Crippen molar-refractivity contribution in [2.75, 3.05) is 20.3 Å². The van der Waals surface area contributed by atoms with E-state index in [0.29, 0.717) is 17.7 Å². The van der Waals surface area contributed by atoms with E-state index < -0.39 is 17.7 Å². The molecule has 0 aliphatic carbocycles. The SMILES string of the molecule is COc1cc(C2/C(=C(\O)c3ccc(Br)cc3)C(=O)C(=O)N2CC2CCCO2)ccc1O. The lowest BCUT2D eigenvalue weighted by molar-refractivity contribution is -0.140. The molecule has 2 aromatic rings. The van der Waals surface area contributed by atoms with E-state index in [4.69, 9.17) is 9.47 Å². The Morgan fingerprint density at radius 3 is 2.61 bits per heavy atom. The zero-order chi connectivity index (χ0) is 22.1. The van der Waals surface area contributed by atoms with E-state index in [-0.39, 0.29) is 35.5 Å². The molecule has 2 aromatic carbocycles. The zero-order valence-corrected chi connectivity index (χ0v) is 18.5. The lowest BCUT2D eigenvalue weighted by Gasteiger charge is -2.27. The third-order valence-electron chi connectivity index (χ3n) is 5.60. The molecule has 2 N–H and O–H groups in total. The number of carbonyl (C=O) groups is 2. The Balaban J connectivity index is 1.85. The van der Waals surface area contributed by atoms with Crippen molar-refractivity contribution in [3.63, 3.8) is 0 Å². The maximum atomic E-state index is 13.0. The van der Waals surface area contributed by atoms with E-state index >= 15 is 0 Å². The first-order valence-corrected chi connectivity index (χ1v) is 10.7. The minimum atomic E-state index is -0.831. The first kappa shape index (κ1) is 21.4. The average molecular weight is 488 g/mol. The highest BCUT2D eigenvalue weighted by Crippen LogP contribution is 2.42. The van der Waals surface area contributed by atoms with Crippen molar-refractivity contribution in [1.82, 2.24) is 4.90 Å². The molecule has 7 nitrogen and oxygen atoms in total. The number of phenolic OH excluding ortho intramolecular Hbond substituents is 1. The molecule has 2 fully saturated rings. The Morgan fingerprint density at radius 2 is 1.97 bits per heavy atom. The molecule has 2 aliphatic rings. The number of benzene rings is 2. The molecule has 2 atom stereocenters. The molecule has 8 heteroatoms. The largest absolute Gasteiger partial charge is 0.507 e. The minimum absolute atomic E-state index is 0.00179. The average Bonchev–Trinajstić information content (AvgIpc) is 3.37. The fraction of sp³-hybridized carbons (Fsp3) is 0.304. The van der Waals surface area contributed by atoms with Crippen LogP contribution < -0.4 is 4.74 Å². The maximum Gasteiger partial charge on any atom is 0.295 e. The number of halogens is 1. The zero-order valence-electron chi connectivity index (χ0n) is 16.9. The van der Waals surface area contributed by atoms with Gasteiger partial charge in [0.25, 0.3) is 11.7 Å². The van der Waals surface area contributed by atoms with Crippen molar-refractivity contribution in [3.05, 3.63) is 63.6 Å². The molecule has 0 spiro atoms. The van der Waals surface area contributed by atoms with Crippen molar-refractivity contribution >= 4 is 33.4 Å². The van der Waals surface area contributed by atoms with E-state index in [1.165, 1.54) is 18.1 Å². The molecule has 0 aromatic heterocycles. The highest BCUT2D eigenvalue weighted by atomic mass is 79.9. The van der Waals surface area contributed by atoms with Gasteiger partial charge in [-0.05, 0) is 42.7 Å². The summed E-state index contributed by atoms with van der Waals surface area (Å²) in [5.41, 5.74) is 0.970. The van der Waals surface area contributed by atoms with Gasteiger partial charge in [-0.3, -0.25) is 9.59 Å². The molecule has 2 aliphatic heterocycles. The minimum Gasteiger partial charge on any atom is -0.507 e. The number of aromatic hydroxyl groups is 1. The van der Waals surface area contributed by atoms with Gasteiger partial charge in [0, 0.05) is 23.2 Å². The number of likely N-dealkylation sites (tertiary alicyclic amines) is 1. The van der Waals surface area contributed by atoms with Gasteiger partial charge < -0.3 is 24.6 Å². The van der Waals surface area contributed by atoms with Crippen LogP contribution in [0.2, 0.25) is 0 Å². The quantitative estimate of drug-likeness (QED) is 0.378. The third kappa shape index (κ3) is 4.05. The van der Waals surface area contributed by atoms with Gasteiger partial charge in [0.15, 0.2) is 11.5 Å². The smallest absolute Gasteiger partial charge is 0.295 e. The summed E-state index contributed by atoms with van der Waals surface area (Å²) in [5, 5.41) is 21.0. The summed E-state index contributed by atoms with van der Waals surface area (Å²) in [6.07, 6.45) is 1.51. The summed E-state index contributed by atoms with van der Waals surface area (Å²) in [6, 6.07) is 10.6. The van der Waals surface area contributed by atoms with Gasteiger partial charge in [0.2, 0.25) is 0 Å². The van der Waals surface area contributed by atoms with Gasteiger partial charge in [-0.25, -0.2) is 0 Å². The van der Waals surface area contributed by atoms with Gasteiger partial charge >= 0.3 is 0 Å². The van der Waals surface area contributed by atoms with Crippen LogP contribution in [0.5, 0.6) is 11.5 Å². The predicted octanol–water partition coefficient (Wildman–Crippen LogP) is 3.76. The van der Waals surface area contributed by atoms with Crippen LogP contribution in [0.15, 0.2) is 52.5 Å². The molecule has 2 saturated heterocycles. The normalized spacial score (nSPS) is 22.8. The second kappa shape index (κ2) is 8.72. The number of Topliss-reactive ketones (excluding diaryl/α,β-unsaturated/α-hetero) is 1. The number of carbonyl (C=O) groups excluding carboxylic acids is 2. The second-order valence-corrected chi connectivity index (χ2v) is 8.44. The fourth-order valence-electron chi connectivity index (χ4n) is 4.05. The predicted molar refractivity (Wildman–Crippen MR) is 117 cm³/mol. The Hall–Kier alpha value is -2.84. The van der Waals surface area contributed by atoms with E-state index in [2.05, 4.69) is 15.9 Å². The highest BCUT2D eigenvalue weighted by Gasteiger charge is 2.47. The number of aliphatic hydroxyl groups excluding tert-OH is 1. The molecule has 31 heavy (non-hydrogen) atoms. The Labute approximate surface area is 188 Å². The summed E-state index contributed by atoms with van der Waals surface area (Å²) < 4.78 is 11.7. The molecule has 0 radical (unpaired) electrons. The molecule has 4 rings (SSSR count). The summed E-state index contributed by atoms with van der Waals surface area (Å²) in [6.45, 7) is 0.848. The van der Waals surface area contributed by atoms with Crippen molar-refractivity contribution in [2.24, 2.45) is 0 Å². The van der Waals surface area contributed by atoms with Gasteiger partial charge in [0.1, 0.15) is 5.76 Å². The second-order valence-electron chi connectivity index (χ2n) is 7.52. The molecule has 2 unspecified atom stereocenters. The number of rotatable bonds is 5. The van der Waals surface area contributed by atoms with Gasteiger partial charge in [-0.1, -0.05) is 34.1 Å². The molecular formula is C23H22BrNO6. The number of hydrogen-bond donors (Lipinski definition) is 2. The van der Waals surface area contributed by atoms with Crippen LogP contribution >= 0.6 is 15.9 Å². The number of ketones is 1. The Bertz CT molecular complexity index is 1040. The summed E-state index contributed by atoms with van der Waals surface area (Å²) in [4.78, 5) is 27.5. The molecule has 0 bridgehead atoms. The van der Waals surface area contributed by atoms with Crippen LogP contribution in [0, 0.1) is 0 Å². The molecule has 0 saturated carbocycles. The van der Waals surface area contributed by atoms with E-state index in [9.17, 15) is 19.8 Å². The fourth-order valence-corrected chi connectivity index (χ4v) is 4.31. The maximum absolute atomic E-state index is 13.0. The van der Waals surface area contributed by atoms with Crippen LogP contribution in [0.4, 0.5) is 0 Å². The number of nitrogens with zero attached hydrogens (tertiary/aromatic N) is 1. The van der Waals surface area contributed by atoms with Crippen LogP contribution in [0.3, 0.4) is 0 Å². The summed E-state index contributed by atoms with van der Waals surface area (Å²) >= 11 is 3.35. The first-order valence-electron chi connectivity index (χ1n) is 9.93. The van der Waals surface area contributed by atoms with E-state index in [1.807, 2.05) is 0 Å². The summed E-state index contributed by atoms with van der Waals surface area (Å²) in [5.74, 6) is -1.54. The molecule has 2 heterocycles. The van der Waals surface area contributed by atoms with Crippen molar-refractivity contribution < 1.29 is 29.3 Å². The molecule has 1 amide bonds. The lowest BCUT2D eigenvalue weighted by Crippen LogP contribution is -2.36. The Kier molecular flexibility index (Phi) is 6.02. The highest BCUT2D eigenvalue weighted by molar-refractivity contribution is 9.10. The lowest BCUT2D eigenvalue weighted by atomic mass is 9.95. The molecular weight excluding hydrogens is 466 g/mol. The number of aliphatic hydroxyl groups is 1. The summed E-state index contributed by atoms with van der Waals surface area (Å²) in [7, 11) is 1.42. The van der Waals surface area contributed by atoms with Crippen molar-refractivity contribution in [2.45, 2.75) is 25.0 Å². The third-order valence-corrected chi connectivity index (χ3v) is 6.13. The van der Waals surface area contributed by atoms with E-state index in [1.54, 1.807) is 36.4 Å². The first-order chi connectivity index (χ1) is 14.9. The molecule has 162 valence electrons. The number of methoxy groups -OCH3 is 1. The van der Waals surface area contributed by atoms with Crippen molar-refractivity contribution in [1.29, 1.82) is 0 Å². The number of hydrogen-bond acceptors (Lipinski definition) is 6. The van der Waals surface area contributed by atoms with Crippen LogP contribution in [-0.2, 0) is 14.3 Å². The van der Waals surface area contributed by atoms with Crippen LogP contribution in [0.25, 0.3) is 5.76 Å². The van der Waals surface area contributed by atoms with Crippen LogP contribution in [-0.4, -0.2) is 53.2 Å². The number of phenols is 1. The Morgan fingerprint density at radius 1 is 1.23 bits per heavy atom. The van der Waals surface area contributed by atoms with E-state index in [0.717, 1.165) is 17.3 Å². The topological polar surface area (TPSA) is 96.3 Å².